The predicted molar refractivity (Wildman–Crippen MR) is 112 cm³/mol. The molecule has 1 aromatic heterocycles. The van der Waals surface area contributed by atoms with Gasteiger partial charge in [-0.25, -0.2) is 9.59 Å². The lowest BCUT2D eigenvalue weighted by molar-refractivity contribution is -0.144. The highest BCUT2D eigenvalue weighted by atomic mass is 16.5. The Morgan fingerprint density at radius 1 is 1.10 bits per heavy atom. The molecule has 7 heteroatoms. The van der Waals surface area contributed by atoms with Gasteiger partial charge in [0, 0.05) is 12.0 Å². The normalized spacial score (nSPS) is 12.0. The van der Waals surface area contributed by atoms with Crippen molar-refractivity contribution in [2.75, 3.05) is 7.11 Å². The SMILES string of the molecule is COC(=O)[C@@H](NC(=O)c1ccc(Cc2c(O)c3ccccc3oc2=O)cc1)C(C)C. The van der Waals surface area contributed by atoms with Crippen LogP contribution in [0.1, 0.15) is 35.3 Å². The van der Waals surface area contributed by atoms with Crippen molar-refractivity contribution >= 4 is 22.8 Å². The first-order valence-electron chi connectivity index (χ1n) is 9.53. The molecule has 2 aromatic carbocycles. The molecule has 7 nitrogen and oxygen atoms in total. The minimum atomic E-state index is -0.749. The molecule has 1 heterocycles. The molecule has 30 heavy (non-hydrogen) atoms. The second-order valence-electron chi connectivity index (χ2n) is 7.30. The third kappa shape index (κ3) is 4.35. The van der Waals surface area contributed by atoms with Gasteiger partial charge in [-0.1, -0.05) is 38.1 Å². The van der Waals surface area contributed by atoms with E-state index in [0.29, 0.717) is 16.5 Å². The number of aromatic hydroxyl groups is 1. The molecule has 0 saturated carbocycles. The summed E-state index contributed by atoms with van der Waals surface area (Å²) < 4.78 is 10.0. The van der Waals surface area contributed by atoms with Crippen molar-refractivity contribution in [2.45, 2.75) is 26.3 Å². The summed E-state index contributed by atoms with van der Waals surface area (Å²) in [6.07, 6.45) is 0.150. The van der Waals surface area contributed by atoms with Gasteiger partial charge in [0.2, 0.25) is 0 Å². The van der Waals surface area contributed by atoms with Crippen molar-refractivity contribution in [2.24, 2.45) is 5.92 Å². The molecule has 0 aliphatic heterocycles. The molecule has 156 valence electrons. The first kappa shape index (κ1) is 21.1. The first-order chi connectivity index (χ1) is 14.3. The minimum absolute atomic E-state index is 0.110. The maximum Gasteiger partial charge on any atom is 0.343 e. The highest BCUT2D eigenvalue weighted by molar-refractivity contribution is 5.96. The van der Waals surface area contributed by atoms with Gasteiger partial charge in [-0.3, -0.25) is 4.79 Å². The molecular weight excluding hydrogens is 386 g/mol. The van der Waals surface area contributed by atoms with Crippen LogP contribution in [0.4, 0.5) is 0 Å². The molecule has 2 N–H and O–H groups in total. The van der Waals surface area contributed by atoms with Crippen LogP contribution in [0.15, 0.2) is 57.7 Å². The van der Waals surface area contributed by atoms with E-state index in [4.69, 9.17) is 9.15 Å². The zero-order chi connectivity index (χ0) is 21.8. The number of amides is 1. The quantitative estimate of drug-likeness (QED) is 0.479. The fourth-order valence-electron chi connectivity index (χ4n) is 3.16. The Labute approximate surface area is 173 Å². The van der Waals surface area contributed by atoms with Crippen LogP contribution in [0.5, 0.6) is 5.75 Å². The van der Waals surface area contributed by atoms with E-state index in [1.54, 1.807) is 48.5 Å². The molecule has 1 amide bonds. The maximum absolute atomic E-state index is 12.5. The Bertz CT molecular complexity index is 1130. The fourth-order valence-corrected chi connectivity index (χ4v) is 3.16. The molecule has 0 spiro atoms. The van der Waals surface area contributed by atoms with Crippen LogP contribution in [-0.2, 0) is 16.0 Å². The van der Waals surface area contributed by atoms with Crippen LogP contribution in [0.3, 0.4) is 0 Å². The lowest BCUT2D eigenvalue weighted by Gasteiger charge is -2.19. The monoisotopic (exact) mass is 409 g/mol. The van der Waals surface area contributed by atoms with E-state index in [1.807, 2.05) is 13.8 Å². The molecule has 0 unspecified atom stereocenters. The number of para-hydroxylation sites is 1. The van der Waals surface area contributed by atoms with E-state index >= 15 is 0 Å². The maximum atomic E-state index is 12.5. The van der Waals surface area contributed by atoms with Crippen molar-refractivity contribution in [3.63, 3.8) is 0 Å². The van der Waals surface area contributed by atoms with Gasteiger partial charge in [-0.2, -0.15) is 0 Å². The number of hydrogen-bond donors (Lipinski definition) is 2. The Balaban J connectivity index is 1.80. The summed E-state index contributed by atoms with van der Waals surface area (Å²) in [6, 6.07) is 12.6. The van der Waals surface area contributed by atoms with E-state index < -0.39 is 23.5 Å². The second kappa shape index (κ2) is 8.82. The molecule has 1 atom stereocenters. The molecule has 0 aliphatic carbocycles. The van der Waals surface area contributed by atoms with Crippen LogP contribution in [-0.4, -0.2) is 30.1 Å². The van der Waals surface area contributed by atoms with E-state index in [0.717, 1.165) is 5.56 Å². The molecule has 3 rings (SSSR count). The van der Waals surface area contributed by atoms with E-state index in [2.05, 4.69) is 5.32 Å². The third-order valence-corrected chi connectivity index (χ3v) is 4.88. The Morgan fingerprint density at radius 2 is 1.77 bits per heavy atom. The Hall–Kier alpha value is -3.61. The van der Waals surface area contributed by atoms with E-state index in [9.17, 15) is 19.5 Å². The van der Waals surface area contributed by atoms with Gasteiger partial charge in [0.15, 0.2) is 0 Å². The van der Waals surface area contributed by atoms with Crippen molar-refractivity contribution in [3.05, 3.63) is 75.6 Å². The summed E-state index contributed by atoms with van der Waals surface area (Å²) in [4.78, 5) is 36.6. The number of benzene rings is 2. The van der Waals surface area contributed by atoms with Crippen molar-refractivity contribution < 1.29 is 23.8 Å². The average molecular weight is 409 g/mol. The van der Waals surface area contributed by atoms with Crippen LogP contribution in [0.25, 0.3) is 11.0 Å². The van der Waals surface area contributed by atoms with Gasteiger partial charge < -0.3 is 19.6 Å². The lowest BCUT2D eigenvalue weighted by Crippen LogP contribution is -2.45. The average Bonchev–Trinajstić information content (AvgIpc) is 2.74. The number of carbonyl (C=O) groups is 2. The van der Waals surface area contributed by atoms with Crippen LogP contribution in [0, 0.1) is 5.92 Å². The number of carbonyl (C=O) groups excluding carboxylic acids is 2. The summed E-state index contributed by atoms with van der Waals surface area (Å²) in [6.45, 7) is 3.62. The highest BCUT2D eigenvalue weighted by Gasteiger charge is 2.25. The minimum Gasteiger partial charge on any atom is -0.507 e. The highest BCUT2D eigenvalue weighted by Crippen LogP contribution is 2.27. The molecule has 0 fully saturated rings. The van der Waals surface area contributed by atoms with Gasteiger partial charge >= 0.3 is 11.6 Å². The summed E-state index contributed by atoms with van der Waals surface area (Å²) >= 11 is 0. The molecule has 0 radical (unpaired) electrons. The fraction of sp³-hybridized carbons (Fsp3) is 0.261. The molecule has 0 saturated heterocycles. The number of methoxy groups -OCH3 is 1. The zero-order valence-electron chi connectivity index (χ0n) is 17.0. The molecular formula is C23H23NO6. The van der Waals surface area contributed by atoms with Gasteiger partial charge in [-0.15, -0.1) is 0 Å². The van der Waals surface area contributed by atoms with Crippen molar-refractivity contribution in [1.29, 1.82) is 0 Å². The van der Waals surface area contributed by atoms with Crippen LogP contribution >= 0.6 is 0 Å². The number of rotatable bonds is 6. The second-order valence-corrected chi connectivity index (χ2v) is 7.30. The number of ether oxygens (including phenoxy) is 1. The Kier molecular flexibility index (Phi) is 6.20. The largest absolute Gasteiger partial charge is 0.507 e. The van der Waals surface area contributed by atoms with Crippen LogP contribution in [0.2, 0.25) is 0 Å². The number of nitrogens with one attached hydrogen (secondary N) is 1. The summed E-state index contributed by atoms with van der Waals surface area (Å²) in [5.41, 5.74) is 0.948. The van der Waals surface area contributed by atoms with Gasteiger partial charge in [-0.05, 0) is 35.7 Å². The van der Waals surface area contributed by atoms with E-state index in [-0.39, 0.29) is 23.7 Å². The summed E-state index contributed by atoms with van der Waals surface area (Å²) in [7, 11) is 1.28. The first-order valence-corrected chi connectivity index (χ1v) is 9.53. The van der Waals surface area contributed by atoms with Gasteiger partial charge in [0.05, 0.1) is 18.1 Å². The lowest BCUT2D eigenvalue weighted by atomic mass is 10.0. The Morgan fingerprint density at radius 3 is 2.40 bits per heavy atom. The van der Waals surface area contributed by atoms with Gasteiger partial charge in [0.25, 0.3) is 5.91 Å². The van der Waals surface area contributed by atoms with Gasteiger partial charge in [0.1, 0.15) is 17.4 Å². The van der Waals surface area contributed by atoms with E-state index in [1.165, 1.54) is 7.11 Å². The molecule has 0 aliphatic rings. The smallest absolute Gasteiger partial charge is 0.343 e. The number of fused-ring (bicyclic) bond motifs is 1. The number of hydrogen-bond acceptors (Lipinski definition) is 6. The summed E-state index contributed by atoms with van der Waals surface area (Å²) in [5, 5.41) is 13.6. The zero-order valence-corrected chi connectivity index (χ0v) is 17.0. The standard InChI is InChI=1S/C23H23NO6/c1-13(2)19(23(28)29-3)24-21(26)15-10-8-14(9-11-15)12-17-20(25)16-6-4-5-7-18(16)30-22(17)27/h4-11,13,19,25H,12H2,1-3H3,(H,24,26)/t19-/m0/s1. The predicted octanol–water partition coefficient (Wildman–Crippen LogP) is 3.02. The van der Waals surface area contributed by atoms with Crippen molar-refractivity contribution in [1.82, 2.24) is 5.32 Å². The van der Waals surface area contributed by atoms with Crippen molar-refractivity contribution in [3.8, 4) is 5.75 Å². The number of esters is 1. The topological polar surface area (TPSA) is 106 Å². The van der Waals surface area contributed by atoms with Crippen LogP contribution < -0.4 is 10.9 Å². The third-order valence-electron chi connectivity index (χ3n) is 4.88. The molecule has 0 bridgehead atoms. The molecule has 3 aromatic rings. The summed E-state index contributed by atoms with van der Waals surface area (Å²) in [5.74, 6) is -1.15.